The van der Waals surface area contributed by atoms with E-state index in [9.17, 15) is 4.79 Å². The zero-order chi connectivity index (χ0) is 13.6. The van der Waals surface area contributed by atoms with E-state index in [0.29, 0.717) is 22.6 Å². The monoisotopic (exact) mass is 272 g/mol. The Hall–Kier alpha value is -1.95. The first kappa shape index (κ1) is 12.1. The minimum Gasteiger partial charge on any atom is -0.287 e. The average Bonchev–Trinajstić information content (AvgIpc) is 2.70. The highest BCUT2D eigenvalue weighted by molar-refractivity contribution is 7.98. The Morgan fingerprint density at radius 1 is 1.26 bits per heavy atom. The van der Waals surface area contributed by atoms with Gasteiger partial charge in [-0.15, -0.1) is 11.8 Å². The molecule has 2 aromatic rings. The van der Waals surface area contributed by atoms with Crippen LogP contribution in [0.5, 0.6) is 0 Å². The third-order valence-corrected chi connectivity index (χ3v) is 3.84. The smallest absolute Gasteiger partial charge is 0.241 e. The minimum absolute atomic E-state index is 0.0663. The molecule has 1 aliphatic rings. The summed E-state index contributed by atoms with van der Waals surface area (Å²) >= 11 is 1.64. The summed E-state index contributed by atoms with van der Waals surface area (Å²) in [6, 6.07) is 5.77. The highest BCUT2D eigenvalue weighted by Gasteiger charge is 2.30. The number of aromatic nitrogens is 3. The van der Waals surface area contributed by atoms with Crippen LogP contribution in [-0.2, 0) is 7.05 Å². The predicted molar refractivity (Wildman–Crippen MR) is 73.1 cm³/mol. The molecular formula is C13H12N4OS. The third-order valence-electron chi connectivity index (χ3n) is 3.12. The molecule has 0 unspecified atom stereocenters. The number of rotatable bonds is 1. The van der Waals surface area contributed by atoms with E-state index in [1.165, 1.54) is 4.68 Å². The summed E-state index contributed by atoms with van der Waals surface area (Å²) in [7, 11) is 3.39. The van der Waals surface area contributed by atoms with E-state index in [1.54, 1.807) is 25.9 Å². The molecule has 0 fully saturated rings. The van der Waals surface area contributed by atoms with Crippen LogP contribution >= 0.6 is 11.8 Å². The first-order valence-electron chi connectivity index (χ1n) is 5.77. The van der Waals surface area contributed by atoms with Gasteiger partial charge in [0.2, 0.25) is 11.4 Å². The van der Waals surface area contributed by atoms with Gasteiger partial charge in [-0.25, -0.2) is 9.67 Å². The lowest BCUT2D eigenvalue weighted by Gasteiger charge is -2.02. The van der Waals surface area contributed by atoms with Crippen molar-refractivity contribution in [1.82, 2.24) is 14.8 Å². The van der Waals surface area contributed by atoms with E-state index in [1.807, 2.05) is 24.5 Å². The Balaban J connectivity index is 2.35. The molecule has 0 radical (unpaired) electrons. The van der Waals surface area contributed by atoms with E-state index in [0.717, 1.165) is 10.5 Å². The molecule has 0 saturated heterocycles. The average molecular weight is 272 g/mol. The number of hydrogen-bond donors (Lipinski definition) is 0. The second-order valence-electron chi connectivity index (χ2n) is 4.20. The molecule has 0 aliphatic heterocycles. The van der Waals surface area contributed by atoms with Crippen LogP contribution in [0, 0.1) is 0 Å². The molecule has 5 nitrogen and oxygen atoms in total. The molecule has 0 N–H and O–H groups in total. The molecular weight excluding hydrogens is 260 g/mol. The molecule has 0 spiro atoms. The maximum atomic E-state index is 12.3. The fraction of sp³-hybridized carbons (Fsp3) is 0.231. The topological polar surface area (TPSA) is 60.1 Å². The van der Waals surface area contributed by atoms with E-state index in [-0.39, 0.29) is 5.78 Å². The van der Waals surface area contributed by atoms with Crippen molar-refractivity contribution in [2.75, 3.05) is 13.3 Å². The summed E-state index contributed by atoms with van der Waals surface area (Å²) in [4.78, 5) is 21.9. The van der Waals surface area contributed by atoms with Crippen LogP contribution in [0.3, 0.4) is 0 Å². The predicted octanol–water partition coefficient (Wildman–Crippen LogP) is 1.28. The zero-order valence-electron chi connectivity index (χ0n) is 10.8. The quantitative estimate of drug-likeness (QED) is 0.626. The summed E-state index contributed by atoms with van der Waals surface area (Å²) in [6.07, 6.45) is 2.00. The van der Waals surface area contributed by atoms with Crippen LogP contribution in [0.25, 0.3) is 11.3 Å². The molecule has 6 heteroatoms. The Labute approximate surface area is 114 Å². The van der Waals surface area contributed by atoms with Crippen LogP contribution < -0.4 is 5.62 Å². The normalized spacial score (nSPS) is 13.6. The van der Waals surface area contributed by atoms with Gasteiger partial charge in [-0.2, -0.15) is 5.10 Å². The van der Waals surface area contributed by atoms with Crippen molar-refractivity contribution in [3.8, 4) is 11.3 Å². The second kappa shape index (κ2) is 4.31. The van der Waals surface area contributed by atoms with E-state index in [2.05, 4.69) is 15.1 Å². The van der Waals surface area contributed by atoms with Gasteiger partial charge in [0.25, 0.3) is 0 Å². The lowest BCUT2D eigenvalue weighted by atomic mass is 10.1. The summed E-state index contributed by atoms with van der Waals surface area (Å²) in [6.45, 7) is 0. The number of ketones is 1. The van der Waals surface area contributed by atoms with Crippen molar-refractivity contribution in [2.24, 2.45) is 12.0 Å². The van der Waals surface area contributed by atoms with Crippen LogP contribution in [-0.4, -0.2) is 33.9 Å². The van der Waals surface area contributed by atoms with Gasteiger partial charge in [0.05, 0.1) is 0 Å². The van der Waals surface area contributed by atoms with Crippen molar-refractivity contribution >= 4 is 17.5 Å². The fourth-order valence-corrected chi connectivity index (χ4v) is 2.61. The van der Waals surface area contributed by atoms with Crippen molar-refractivity contribution in [2.45, 2.75) is 4.90 Å². The number of nitrogens with zero attached hydrogens (tertiary/aromatic N) is 4. The lowest BCUT2D eigenvalue weighted by Crippen LogP contribution is -2.26. The Kier molecular flexibility index (Phi) is 2.74. The van der Waals surface area contributed by atoms with E-state index < -0.39 is 0 Å². The molecule has 96 valence electrons. The molecule has 0 saturated carbocycles. The summed E-state index contributed by atoms with van der Waals surface area (Å²) in [5, 5.41) is 4.28. The largest absolute Gasteiger partial charge is 0.287 e. The van der Waals surface area contributed by atoms with E-state index in [4.69, 9.17) is 0 Å². The summed E-state index contributed by atoms with van der Waals surface area (Å²) < 4.78 is 1.53. The lowest BCUT2D eigenvalue weighted by molar-refractivity contribution is 0.103. The van der Waals surface area contributed by atoms with Crippen molar-refractivity contribution in [3.63, 3.8) is 0 Å². The molecule has 1 aromatic heterocycles. The number of hydrogen-bond acceptors (Lipinski definition) is 5. The molecule has 19 heavy (non-hydrogen) atoms. The van der Waals surface area contributed by atoms with Crippen LogP contribution in [0.15, 0.2) is 28.1 Å². The van der Waals surface area contributed by atoms with Crippen LogP contribution in [0.1, 0.15) is 16.1 Å². The maximum Gasteiger partial charge on any atom is 0.241 e. The van der Waals surface area contributed by atoms with Gasteiger partial charge in [-0.3, -0.25) is 9.79 Å². The SMILES string of the molecule is CN=c1nc2c(nn1C)C(=O)c1ccc(SC)cc1-2. The molecule has 3 rings (SSSR count). The number of carbonyl (C=O) groups excluding carboxylic acids is 1. The molecule has 0 amide bonds. The number of carbonyl (C=O) groups is 1. The van der Waals surface area contributed by atoms with E-state index >= 15 is 0 Å². The van der Waals surface area contributed by atoms with Crippen LogP contribution in [0.2, 0.25) is 0 Å². The first-order valence-corrected chi connectivity index (χ1v) is 6.99. The van der Waals surface area contributed by atoms with Gasteiger partial charge in [0.1, 0.15) is 5.69 Å². The highest BCUT2D eigenvalue weighted by Crippen LogP contribution is 2.35. The number of aryl methyl sites for hydroxylation is 1. The third kappa shape index (κ3) is 1.71. The Morgan fingerprint density at radius 3 is 2.74 bits per heavy atom. The van der Waals surface area contributed by atoms with Gasteiger partial charge in [-0.05, 0) is 24.5 Å². The van der Waals surface area contributed by atoms with Crippen molar-refractivity contribution in [1.29, 1.82) is 0 Å². The standard InChI is InChI=1S/C13H12N4OS/c1-14-13-15-10-9-6-7(19-3)4-5-8(9)12(18)11(10)16-17(13)2/h4-6H,1-3H3. The molecule has 0 atom stereocenters. The van der Waals surface area contributed by atoms with Crippen molar-refractivity contribution < 1.29 is 4.79 Å². The molecule has 1 aliphatic carbocycles. The van der Waals surface area contributed by atoms with Crippen molar-refractivity contribution in [3.05, 3.63) is 35.1 Å². The molecule has 0 bridgehead atoms. The fourth-order valence-electron chi connectivity index (χ4n) is 2.17. The first-order chi connectivity index (χ1) is 9.15. The summed E-state index contributed by atoms with van der Waals surface area (Å²) in [5.41, 5.74) is 3.07. The van der Waals surface area contributed by atoms with Gasteiger partial charge in [0, 0.05) is 30.1 Å². The number of benzene rings is 1. The summed E-state index contributed by atoms with van der Waals surface area (Å²) in [5.74, 6) is -0.0663. The molecule has 1 aromatic carbocycles. The Morgan fingerprint density at radius 2 is 2.05 bits per heavy atom. The van der Waals surface area contributed by atoms with Gasteiger partial charge in [-0.1, -0.05) is 0 Å². The zero-order valence-corrected chi connectivity index (χ0v) is 11.7. The van der Waals surface area contributed by atoms with Gasteiger partial charge in [0.15, 0.2) is 5.69 Å². The van der Waals surface area contributed by atoms with Crippen LogP contribution in [0.4, 0.5) is 0 Å². The second-order valence-corrected chi connectivity index (χ2v) is 5.08. The maximum absolute atomic E-state index is 12.3. The number of fused-ring (bicyclic) bond motifs is 3. The Bertz CT molecular complexity index is 764. The minimum atomic E-state index is -0.0663. The number of thioether (sulfide) groups is 1. The van der Waals surface area contributed by atoms with Gasteiger partial charge >= 0.3 is 0 Å². The van der Waals surface area contributed by atoms with Gasteiger partial charge < -0.3 is 0 Å². The highest BCUT2D eigenvalue weighted by atomic mass is 32.2. The molecule has 1 heterocycles.